The van der Waals surface area contributed by atoms with Gasteiger partial charge in [-0.05, 0) is 62.9 Å². The van der Waals surface area contributed by atoms with E-state index in [9.17, 15) is 4.79 Å². The van der Waals surface area contributed by atoms with Crippen molar-refractivity contribution in [2.24, 2.45) is 0 Å². The van der Waals surface area contributed by atoms with Crippen LogP contribution in [0, 0.1) is 6.92 Å². The highest BCUT2D eigenvalue weighted by Crippen LogP contribution is 2.51. The van der Waals surface area contributed by atoms with Crippen LogP contribution >= 0.6 is 0 Å². The molecular formula is C23H29NO2. The summed E-state index contributed by atoms with van der Waals surface area (Å²) in [4.78, 5) is 14.5. The third kappa shape index (κ3) is 2.90. The molecule has 3 heteroatoms. The fraction of sp³-hybridized carbons (Fsp3) is 0.435. The molecule has 1 amide bonds. The van der Waals surface area contributed by atoms with Crippen LogP contribution in [0.1, 0.15) is 57.7 Å². The van der Waals surface area contributed by atoms with Crippen LogP contribution in [0.5, 0.6) is 5.75 Å². The molecule has 138 valence electrons. The van der Waals surface area contributed by atoms with Crippen LogP contribution in [0.2, 0.25) is 0 Å². The molecule has 2 aromatic carbocycles. The maximum atomic E-state index is 12.5. The SMILES string of the molecule is CCOc1ccc(C2(C)CC(C)(C)N(C(C)=O)c3c(C)cccc32)cc1. The summed E-state index contributed by atoms with van der Waals surface area (Å²) < 4.78 is 5.61. The lowest BCUT2D eigenvalue weighted by atomic mass is 9.64. The summed E-state index contributed by atoms with van der Waals surface area (Å²) in [6.07, 6.45) is 0.865. The Morgan fingerprint density at radius 2 is 1.77 bits per heavy atom. The molecule has 0 aromatic heterocycles. The Kier molecular flexibility index (Phi) is 4.60. The average molecular weight is 351 g/mol. The first-order chi connectivity index (χ1) is 12.2. The summed E-state index contributed by atoms with van der Waals surface area (Å²) in [5, 5.41) is 0. The molecule has 26 heavy (non-hydrogen) atoms. The number of rotatable bonds is 3. The second-order valence-electron chi connectivity index (χ2n) is 8.10. The van der Waals surface area contributed by atoms with E-state index in [4.69, 9.17) is 4.74 Å². The summed E-state index contributed by atoms with van der Waals surface area (Å²) in [5.41, 5.74) is 4.25. The van der Waals surface area contributed by atoms with Gasteiger partial charge in [-0.15, -0.1) is 0 Å². The minimum Gasteiger partial charge on any atom is -0.494 e. The van der Waals surface area contributed by atoms with E-state index >= 15 is 0 Å². The molecule has 0 N–H and O–H groups in total. The molecule has 0 spiro atoms. The Hall–Kier alpha value is -2.29. The van der Waals surface area contributed by atoms with Crippen LogP contribution in [0.15, 0.2) is 42.5 Å². The number of anilines is 1. The van der Waals surface area contributed by atoms with Crippen molar-refractivity contribution >= 4 is 11.6 Å². The van der Waals surface area contributed by atoms with Crippen molar-refractivity contribution < 1.29 is 9.53 Å². The number of benzene rings is 2. The van der Waals surface area contributed by atoms with Crippen LogP contribution in [0.4, 0.5) is 5.69 Å². The fourth-order valence-corrected chi connectivity index (χ4v) is 4.67. The number of para-hydroxylation sites is 1. The molecule has 0 aliphatic carbocycles. The maximum Gasteiger partial charge on any atom is 0.224 e. The van der Waals surface area contributed by atoms with Gasteiger partial charge in [0, 0.05) is 17.9 Å². The Morgan fingerprint density at radius 1 is 1.12 bits per heavy atom. The lowest BCUT2D eigenvalue weighted by Gasteiger charge is -2.51. The number of fused-ring (bicyclic) bond motifs is 1. The number of hydrogen-bond donors (Lipinski definition) is 0. The van der Waals surface area contributed by atoms with E-state index in [0.29, 0.717) is 6.61 Å². The van der Waals surface area contributed by atoms with Gasteiger partial charge in [-0.25, -0.2) is 0 Å². The number of amides is 1. The zero-order chi connectivity index (χ0) is 19.1. The van der Waals surface area contributed by atoms with Crippen molar-refractivity contribution in [2.45, 2.75) is 58.9 Å². The smallest absolute Gasteiger partial charge is 0.224 e. The molecule has 3 rings (SSSR count). The Bertz CT molecular complexity index is 823. The Labute approximate surface area is 157 Å². The highest BCUT2D eigenvalue weighted by Gasteiger charge is 2.47. The number of carbonyl (C=O) groups excluding carboxylic acids is 1. The minimum atomic E-state index is -0.266. The molecule has 3 nitrogen and oxygen atoms in total. The van der Waals surface area contributed by atoms with Gasteiger partial charge >= 0.3 is 0 Å². The maximum absolute atomic E-state index is 12.5. The number of hydrogen-bond acceptors (Lipinski definition) is 2. The number of aryl methyl sites for hydroxylation is 1. The molecule has 0 bridgehead atoms. The average Bonchev–Trinajstić information content (AvgIpc) is 2.55. The number of carbonyl (C=O) groups is 1. The highest BCUT2D eigenvalue weighted by molar-refractivity contribution is 5.96. The molecule has 0 saturated heterocycles. The van der Waals surface area contributed by atoms with Gasteiger partial charge in [0.25, 0.3) is 0 Å². The van der Waals surface area contributed by atoms with E-state index in [-0.39, 0.29) is 16.9 Å². The van der Waals surface area contributed by atoms with Crippen LogP contribution in [0.3, 0.4) is 0 Å². The normalized spacial score (nSPS) is 21.2. The predicted molar refractivity (Wildman–Crippen MR) is 107 cm³/mol. The number of ether oxygens (including phenoxy) is 1. The monoisotopic (exact) mass is 351 g/mol. The third-order valence-corrected chi connectivity index (χ3v) is 5.56. The second-order valence-corrected chi connectivity index (χ2v) is 8.10. The lowest BCUT2D eigenvalue weighted by molar-refractivity contribution is -0.117. The van der Waals surface area contributed by atoms with Crippen molar-refractivity contribution in [3.05, 3.63) is 59.2 Å². The quantitative estimate of drug-likeness (QED) is 0.757. The van der Waals surface area contributed by atoms with Gasteiger partial charge in [-0.1, -0.05) is 37.3 Å². The zero-order valence-corrected chi connectivity index (χ0v) is 16.7. The predicted octanol–water partition coefficient (Wildman–Crippen LogP) is 5.23. The first kappa shape index (κ1) is 18.5. The lowest BCUT2D eigenvalue weighted by Crippen LogP contribution is -2.55. The molecule has 1 aliphatic heterocycles. The van der Waals surface area contributed by atoms with Crippen molar-refractivity contribution in [3.63, 3.8) is 0 Å². The first-order valence-corrected chi connectivity index (χ1v) is 9.35. The van der Waals surface area contributed by atoms with Crippen molar-refractivity contribution in [2.75, 3.05) is 11.5 Å². The number of nitrogens with zero attached hydrogens (tertiary/aromatic N) is 1. The molecule has 1 atom stereocenters. The van der Waals surface area contributed by atoms with Gasteiger partial charge in [-0.3, -0.25) is 4.79 Å². The second kappa shape index (κ2) is 6.46. The summed E-state index contributed by atoms with van der Waals surface area (Å²) in [6, 6.07) is 14.8. The molecule has 1 aliphatic rings. The van der Waals surface area contributed by atoms with Gasteiger partial charge in [0.1, 0.15) is 5.75 Å². The summed E-state index contributed by atoms with van der Waals surface area (Å²) in [7, 11) is 0. The summed E-state index contributed by atoms with van der Waals surface area (Å²) in [6.45, 7) is 13.0. The van der Waals surface area contributed by atoms with E-state index in [1.165, 1.54) is 11.1 Å². The molecule has 2 aromatic rings. The minimum absolute atomic E-state index is 0.0966. The molecule has 0 radical (unpaired) electrons. The van der Waals surface area contributed by atoms with Crippen molar-refractivity contribution in [1.29, 1.82) is 0 Å². The van der Waals surface area contributed by atoms with Crippen molar-refractivity contribution in [3.8, 4) is 5.75 Å². The third-order valence-electron chi connectivity index (χ3n) is 5.56. The van der Waals surface area contributed by atoms with Crippen LogP contribution in [0.25, 0.3) is 0 Å². The van der Waals surface area contributed by atoms with Gasteiger partial charge in [0.2, 0.25) is 5.91 Å². The van der Waals surface area contributed by atoms with Crippen LogP contribution < -0.4 is 9.64 Å². The van der Waals surface area contributed by atoms with E-state index in [1.54, 1.807) is 6.92 Å². The van der Waals surface area contributed by atoms with Gasteiger partial charge in [-0.2, -0.15) is 0 Å². The molecule has 0 saturated carbocycles. The standard InChI is InChI=1S/C23H29NO2/c1-7-26-19-13-11-18(12-14-19)23(6)15-22(4,5)24(17(3)25)21-16(2)9-8-10-20(21)23/h8-14H,7,15H2,1-6H3. The summed E-state index contributed by atoms with van der Waals surface area (Å²) >= 11 is 0. The van der Waals surface area contributed by atoms with Crippen molar-refractivity contribution in [1.82, 2.24) is 0 Å². The highest BCUT2D eigenvalue weighted by atomic mass is 16.5. The molecule has 1 unspecified atom stereocenters. The summed E-state index contributed by atoms with van der Waals surface area (Å²) in [5.74, 6) is 0.990. The topological polar surface area (TPSA) is 29.5 Å². The zero-order valence-electron chi connectivity index (χ0n) is 16.7. The van der Waals surface area contributed by atoms with Crippen LogP contribution in [-0.4, -0.2) is 18.1 Å². The Morgan fingerprint density at radius 3 is 2.35 bits per heavy atom. The molecule has 0 fully saturated rings. The van der Waals surface area contributed by atoms with Gasteiger partial charge in [0.05, 0.1) is 12.3 Å². The van der Waals surface area contributed by atoms with E-state index < -0.39 is 0 Å². The largest absolute Gasteiger partial charge is 0.494 e. The van der Waals surface area contributed by atoms with Crippen LogP contribution in [-0.2, 0) is 10.2 Å². The first-order valence-electron chi connectivity index (χ1n) is 9.35. The van der Waals surface area contributed by atoms with E-state index in [0.717, 1.165) is 23.4 Å². The fourth-order valence-electron chi connectivity index (χ4n) is 4.67. The molecule has 1 heterocycles. The Balaban J connectivity index is 2.20. The molecular weight excluding hydrogens is 322 g/mol. The van der Waals surface area contributed by atoms with Gasteiger partial charge < -0.3 is 9.64 Å². The van der Waals surface area contributed by atoms with Gasteiger partial charge in [0.15, 0.2) is 0 Å². The van der Waals surface area contributed by atoms with E-state index in [1.807, 2.05) is 24.0 Å². The van der Waals surface area contributed by atoms with E-state index in [2.05, 4.69) is 58.0 Å².